The molecule has 3 N–H and O–H groups in total. The summed E-state index contributed by atoms with van der Waals surface area (Å²) in [5.41, 5.74) is 3.58. The normalized spacial score (nSPS) is 10.4. The van der Waals surface area contributed by atoms with Gasteiger partial charge in [-0.15, -0.1) is 0 Å². The minimum Gasteiger partial charge on any atom is -0.308 e. The van der Waals surface area contributed by atoms with Gasteiger partial charge in [0.2, 0.25) is 0 Å². The largest absolute Gasteiger partial charge is 0.308 e. The van der Waals surface area contributed by atoms with Gasteiger partial charge in [-0.2, -0.15) is 0 Å². The standard InChI is InChI=1S/C11H12BrN5S/c1-2-8-10(17-13)15-6-16-11(8)18-9-4-3-7(12)5-14-9/h3-6H,2,13H2,1H3,(H,15,16,17). The molecule has 7 heteroatoms. The molecule has 0 spiro atoms. The molecule has 0 aliphatic carbocycles. The molecule has 0 bridgehead atoms. The number of rotatable bonds is 4. The zero-order chi connectivity index (χ0) is 13.0. The summed E-state index contributed by atoms with van der Waals surface area (Å²) in [4.78, 5) is 12.7. The third-order valence-electron chi connectivity index (χ3n) is 2.30. The van der Waals surface area contributed by atoms with Crippen LogP contribution in [0.4, 0.5) is 5.82 Å². The van der Waals surface area contributed by atoms with Gasteiger partial charge >= 0.3 is 0 Å². The molecule has 0 amide bonds. The van der Waals surface area contributed by atoms with Crippen LogP contribution in [-0.4, -0.2) is 15.0 Å². The number of nitrogens with zero attached hydrogens (tertiary/aromatic N) is 3. The summed E-state index contributed by atoms with van der Waals surface area (Å²) in [5.74, 6) is 6.10. The molecule has 2 rings (SSSR count). The van der Waals surface area contributed by atoms with Crippen LogP contribution in [0.1, 0.15) is 12.5 Å². The maximum atomic E-state index is 5.44. The van der Waals surface area contributed by atoms with E-state index in [2.05, 4.69) is 36.3 Å². The molecule has 2 heterocycles. The molecule has 18 heavy (non-hydrogen) atoms. The van der Waals surface area contributed by atoms with Crippen molar-refractivity contribution in [2.75, 3.05) is 5.43 Å². The number of hydrogen-bond donors (Lipinski definition) is 2. The van der Waals surface area contributed by atoms with Gasteiger partial charge in [0.1, 0.15) is 22.2 Å². The number of pyridine rings is 1. The highest BCUT2D eigenvalue weighted by Gasteiger charge is 2.10. The van der Waals surface area contributed by atoms with E-state index in [1.54, 1.807) is 6.20 Å². The van der Waals surface area contributed by atoms with E-state index >= 15 is 0 Å². The van der Waals surface area contributed by atoms with Crippen molar-refractivity contribution in [3.8, 4) is 0 Å². The Kier molecular flexibility index (Phi) is 4.51. The van der Waals surface area contributed by atoms with E-state index in [4.69, 9.17) is 5.84 Å². The highest BCUT2D eigenvalue weighted by atomic mass is 79.9. The minimum absolute atomic E-state index is 0.659. The first-order valence-electron chi connectivity index (χ1n) is 5.34. The SMILES string of the molecule is CCc1c(NN)ncnc1Sc1ccc(Br)cn1. The van der Waals surface area contributed by atoms with Crippen LogP contribution >= 0.6 is 27.7 Å². The van der Waals surface area contributed by atoms with Crippen molar-refractivity contribution in [1.82, 2.24) is 15.0 Å². The molecule has 0 aromatic carbocycles. The van der Waals surface area contributed by atoms with Crippen LogP contribution in [0, 0.1) is 0 Å². The fourth-order valence-electron chi connectivity index (χ4n) is 1.45. The van der Waals surface area contributed by atoms with Crippen LogP contribution in [0.5, 0.6) is 0 Å². The van der Waals surface area contributed by atoms with Crippen molar-refractivity contribution in [3.05, 3.63) is 34.7 Å². The quantitative estimate of drug-likeness (QED) is 0.511. The highest BCUT2D eigenvalue weighted by Crippen LogP contribution is 2.30. The number of hydrazine groups is 1. The van der Waals surface area contributed by atoms with Gasteiger partial charge in [0.05, 0.1) is 0 Å². The second-order valence-electron chi connectivity index (χ2n) is 3.42. The first kappa shape index (κ1) is 13.3. The van der Waals surface area contributed by atoms with E-state index in [9.17, 15) is 0 Å². The van der Waals surface area contributed by atoms with Crippen molar-refractivity contribution < 1.29 is 0 Å². The Hall–Kier alpha value is -1.18. The molecule has 0 radical (unpaired) electrons. The van der Waals surface area contributed by atoms with Gasteiger partial charge in [0.25, 0.3) is 0 Å². The van der Waals surface area contributed by atoms with E-state index in [1.807, 2.05) is 19.1 Å². The topological polar surface area (TPSA) is 76.7 Å². The number of nitrogen functional groups attached to an aromatic ring is 1. The highest BCUT2D eigenvalue weighted by molar-refractivity contribution is 9.10. The predicted molar refractivity (Wildman–Crippen MR) is 75.3 cm³/mol. The Bertz CT molecular complexity index is 531. The maximum Gasteiger partial charge on any atom is 0.147 e. The van der Waals surface area contributed by atoms with E-state index in [-0.39, 0.29) is 0 Å². The number of halogens is 1. The van der Waals surface area contributed by atoms with Gasteiger partial charge in [-0.05, 0) is 46.2 Å². The number of nitrogens with two attached hydrogens (primary N) is 1. The second-order valence-corrected chi connectivity index (χ2v) is 5.35. The predicted octanol–water partition coefficient (Wildman–Crippen LogP) is 2.63. The van der Waals surface area contributed by atoms with Gasteiger partial charge in [-0.1, -0.05) is 6.92 Å². The third kappa shape index (κ3) is 2.98. The van der Waals surface area contributed by atoms with Crippen LogP contribution in [0.2, 0.25) is 0 Å². The first-order valence-corrected chi connectivity index (χ1v) is 6.95. The van der Waals surface area contributed by atoms with Crippen molar-refractivity contribution >= 4 is 33.5 Å². The molecule has 2 aromatic rings. The molecule has 0 aliphatic rings. The van der Waals surface area contributed by atoms with Gasteiger partial charge in [0, 0.05) is 16.2 Å². The number of anilines is 1. The van der Waals surface area contributed by atoms with Gasteiger partial charge in [0.15, 0.2) is 0 Å². The fourth-order valence-corrected chi connectivity index (χ4v) is 2.59. The lowest BCUT2D eigenvalue weighted by Gasteiger charge is -2.09. The summed E-state index contributed by atoms with van der Waals surface area (Å²) in [6.07, 6.45) is 4.06. The smallest absolute Gasteiger partial charge is 0.147 e. The molecule has 2 aromatic heterocycles. The van der Waals surface area contributed by atoms with Crippen LogP contribution in [0.3, 0.4) is 0 Å². The molecule has 0 aliphatic heterocycles. The second kappa shape index (κ2) is 6.12. The van der Waals surface area contributed by atoms with Gasteiger partial charge < -0.3 is 5.43 Å². The Morgan fingerprint density at radius 1 is 1.33 bits per heavy atom. The average molecular weight is 326 g/mol. The Balaban J connectivity index is 2.31. The van der Waals surface area contributed by atoms with E-state index in [0.29, 0.717) is 5.82 Å². The van der Waals surface area contributed by atoms with Crippen LogP contribution in [0.15, 0.2) is 39.2 Å². The summed E-state index contributed by atoms with van der Waals surface area (Å²) in [6.45, 7) is 2.04. The van der Waals surface area contributed by atoms with Gasteiger partial charge in [-0.3, -0.25) is 0 Å². The Labute approximate surface area is 118 Å². The van der Waals surface area contributed by atoms with E-state index < -0.39 is 0 Å². The lowest BCUT2D eigenvalue weighted by molar-refractivity contribution is 0.937. The summed E-state index contributed by atoms with van der Waals surface area (Å²) >= 11 is 4.86. The van der Waals surface area contributed by atoms with Crippen LogP contribution in [-0.2, 0) is 6.42 Å². The molecule has 0 saturated heterocycles. The zero-order valence-electron chi connectivity index (χ0n) is 9.72. The molecule has 5 nitrogen and oxygen atoms in total. The number of hydrogen-bond acceptors (Lipinski definition) is 6. The average Bonchev–Trinajstić information content (AvgIpc) is 2.41. The molecule has 0 atom stereocenters. The molecule has 0 fully saturated rings. The molecule has 0 saturated carbocycles. The molecule has 0 unspecified atom stereocenters. The Morgan fingerprint density at radius 3 is 2.78 bits per heavy atom. The summed E-state index contributed by atoms with van der Waals surface area (Å²) in [7, 11) is 0. The summed E-state index contributed by atoms with van der Waals surface area (Å²) in [6, 6.07) is 3.89. The number of nitrogens with one attached hydrogen (secondary N) is 1. The van der Waals surface area contributed by atoms with Crippen molar-refractivity contribution in [3.63, 3.8) is 0 Å². The van der Waals surface area contributed by atoms with Crippen molar-refractivity contribution in [2.24, 2.45) is 5.84 Å². The van der Waals surface area contributed by atoms with Crippen LogP contribution < -0.4 is 11.3 Å². The third-order valence-corrected chi connectivity index (χ3v) is 3.76. The molecule has 94 valence electrons. The lowest BCUT2D eigenvalue weighted by atomic mass is 10.2. The maximum absolute atomic E-state index is 5.44. The molecular formula is C11H12BrN5S. The lowest BCUT2D eigenvalue weighted by Crippen LogP contribution is -2.12. The monoisotopic (exact) mass is 325 g/mol. The van der Waals surface area contributed by atoms with Crippen molar-refractivity contribution in [2.45, 2.75) is 23.4 Å². The minimum atomic E-state index is 0.659. The number of aromatic nitrogens is 3. The van der Waals surface area contributed by atoms with E-state index in [0.717, 1.165) is 26.5 Å². The Morgan fingerprint density at radius 2 is 2.17 bits per heavy atom. The van der Waals surface area contributed by atoms with Crippen LogP contribution in [0.25, 0.3) is 0 Å². The van der Waals surface area contributed by atoms with E-state index in [1.165, 1.54) is 18.1 Å². The summed E-state index contributed by atoms with van der Waals surface area (Å²) in [5, 5.41) is 1.75. The van der Waals surface area contributed by atoms with Crippen molar-refractivity contribution in [1.29, 1.82) is 0 Å². The fraction of sp³-hybridized carbons (Fsp3) is 0.182. The van der Waals surface area contributed by atoms with Gasteiger partial charge in [-0.25, -0.2) is 20.8 Å². The summed E-state index contributed by atoms with van der Waals surface area (Å²) < 4.78 is 0.953. The molecular weight excluding hydrogens is 314 g/mol. The zero-order valence-corrected chi connectivity index (χ0v) is 12.1. The first-order chi connectivity index (χ1) is 8.74.